The Balaban J connectivity index is 3.23. The molecule has 0 atom stereocenters. The zero-order chi connectivity index (χ0) is 11.4. The second-order valence-corrected chi connectivity index (χ2v) is 2.65. The predicted molar refractivity (Wildman–Crippen MR) is 50.7 cm³/mol. The van der Waals surface area contributed by atoms with E-state index in [2.05, 4.69) is 4.74 Å². The number of rotatable bonds is 3. The van der Waals surface area contributed by atoms with Gasteiger partial charge < -0.3 is 9.84 Å². The molecule has 0 aliphatic carbocycles. The molecule has 0 bridgehead atoms. The zero-order valence-corrected chi connectivity index (χ0v) is 7.97. The number of nitro groups is 1. The number of para-hydroxylation sites is 1. The maximum absolute atomic E-state index is 11.3. The van der Waals surface area contributed by atoms with Crippen molar-refractivity contribution in [1.82, 2.24) is 0 Å². The molecular weight excluding hydrogens is 202 g/mol. The van der Waals surface area contributed by atoms with Gasteiger partial charge in [0.05, 0.1) is 11.5 Å². The third kappa shape index (κ3) is 2.22. The number of nitrogens with zero attached hydrogens (tertiary/aromatic N) is 1. The second kappa shape index (κ2) is 4.41. The first-order valence-electron chi connectivity index (χ1n) is 4.21. The lowest BCUT2D eigenvalue weighted by Gasteiger charge is -2.03. The van der Waals surface area contributed by atoms with Gasteiger partial charge in [0.1, 0.15) is 5.56 Å². The van der Waals surface area contributed by atoms with E-state index in [0.29, 0.717) is 0 Å². The normalized spacial score (nSPS) is 9.67. The molecule has 1 rings (SSSR count). The van der Waals surface area contributed by atoms with Crippen molar-refractivity contribution in [2.24, 2.45) is 0 Å². The number of hydrogen-bond acceptors (Lipinski definition) is 5. The van der Waals surface area contributed by atoms with Crippen LogP contribution >= 0.6 is 0 Å². The summed E-state index contributed by atoms with van der Waals surface area (Å²) < 4.78 is 4.62. The molecule has 1 aromatic carbocycles. The molecular formula is C9H9NO5. The Morgan fingerprint density at radius 2 is 2.27 bits per heavy atom. The summed E-state index contributed by atoms with van der Waals surface area (Å²) >= 11 is 0. The number of esters is 1. The van der Waals surface area contributed by atoms with Gasteiger partial charge >= 0.3 is 11.7 Å². The Morgan fingerprint density at radius 1 is 1.60 bits per heavy atom. The van der Waals surface area contributed by atoms with E-state index < -0.39 is 22.3 Å². The van der Waals surface area contributed by atoms with Gasteiger partial charge in [0.2, 0.25) is 0 Å². The molecule has 15 heavy (non-hydrogen) atoms. The number of benzene rings is 1. The summed E-state index contributed by atoms with van der Waals surface area (Å²) in [6.07, 6.45) is 0. The average Bonchev–Trinajstić information content (AvgIpc) is 2.17. The molecule has 6 heteroatoms. The first kappa shape index (κ1) is 11.0. The third-order valence-electron chi connectivity index (χ3n) is 1.69. The van der Waals surface area contributed by atoms with Crippen molar-refractivity contribution in [1.29, 1.82) is 0 Å². The fourth-order valence-electron chi connectivity index (χ4n) is 1.10. The van der Waals surface area contributed by atoms with Crippen LogP contribution in [0.5, 0.6) is 5.75 Å². The number of phenolic OH excluding ortho intramolecular Hbond substituents is 1. The number of carbonyl (C=O) groups excluding carboxylic acids is 1. The van der Waals surface area contributed by atoms with Crippen LogP contribution < -0.4 is 0 Å². The first-order chi connectivity index (χ1) is 7.07. The highest BCUT2D eigenvalue weighted by Crippen LogP contribution is 2.29. The standard InChI is InChI=1S/C9H9NO5/c1-2-15-9(12)6-4-3-5-7(11)8(6)10(13)14/h3-5,11H,2H2,1H3. The van der Waals surface area contributed by atoms with Crippen LogP contribution in [-0.2, 0) is 4.74 Å². The summed E-state index contributed by atoms with van der Waals surface area (Å²) in [5, 5.41) is 19.8. The Morgan fingerprint density at radius 3 is 2.80 bits per heavy atom. The first-order valence-corrected chi connectivity index (χ1v) is 4.21. The van der Waals surface area contributed by atoms with E-state index in [4.69, 9.17) is 0 Å². The van der Waals surface area contributed by atoms with Crippen molar-refractivity contribution in [2.75, 3.05) is 6.61 Å². The highest BCUT2D eigenvalue weighted by molar-refractivity contribution is 5.95. The SMILES string of the molecule is CCOC(=O)c1cccc(O)c1[N+](=O)[O-]. The van der Waals surface area contributed by atoms with Crippen LogP contribution in [0.1, 0.15) is 17.3 Å². The number of hydrogen-bond donors (Lipinski definition) is 1. The van der Waals surface area contributed by atoms with Gasteiger partial charge in [0.25, 0.3) is 0 Å². The Kier molecular flexibility index (Phi) is 3.22. The number of phenols is 1. The summed E-state index contributed by atoms with van der Waals surface area (Å²) in [4.78, 5) is 21.1. The molecule has 0 saturated heterocycles. The van der Waals surface area contributed by atoms with Gasteiger partial charge in [-0.1, -0.05) is 6.07 Å². The average molecular weight is 211 g/mol. The summed E-state index contributed by atoms with van der Waals surface area (Å²) in [7, 11) is 0. The maximum atomic E-state index is 11.3. The van der Waals surface area contributed by atoms with Crippen molar-refractivity contribution in [3.8, 4) is 5.75 Å². The Bertz CT molecular complexity index is 401. The molecule has 0 amide bonds. The lowest BCUT2D eigenvalue weighted by Crippen LogP contribution is -2.07. The number of aromatic hydroxyl groups is 1. The molecule has 6 nitrogen and oxygen atoms in total. The minimum Gasteiger partial charge on any atom is -0.502 e. The van der Waals surface area contributed by atoms with E-state index in [0.717, 1.165) is 6.07 Å². The smallest absolute Gasteiger partial charge is 0.345 e. The number of ether oxygens (including phenoxy) is 1. The van der Waals surface area contributed by atoms with Gasteiger partial charge in [-0.05, 0) is 19.1 Å². The zero-order valence-electron chi connectivity index (χ0n) is 7.97. The Labute approximate surface area is 85.2 Å². The van der Waals surface area contributed by atoms with Crippen LogP contribution in [0.4, 0.5) is 5.69 Å². The molecule has 0 unspecified atom stereocenters. The molecule has 0 aromatic heterocycles. The molecule has 0 heterocycles. The largest absolute Gasteiger partial charge is 0.502 e. The van der Waals surface area contributed by atoms with Gasteiger partial charge in [-0.2, -0.15) is 0 Å². The van der Waals surface area contributed by atoms with Crippen LogP contribution in [-0.4, -0.2) is 22.6 Å². The molecule has 0 aliphatic heterocycles. The van der Waals surface area contributed by atoms with Crippen LogP contribution in [0.2, 0.25) is 0 Å². The minimum atomic E-state index is -0.819. The van der Waals surface area contributed by atoms with E-state index in [1.165, 1.54) is 12.1 Å². The third-order valence-corrected chi connectivity index (χ3v) is 1.69. The molecule has 0 fully saturated rings. The van der Waals surface area contributed by atoms with Crippen LogP contribution in [0, 0.1) is 10.1 Å². The minimum absolute atomic E-state index is 0.117. The quantitative estimate of drug-likeness (QED) is 0.464. The van der Waals surface area contributed by atoms with Crippen molar-refractivity contribution < 1.29 is 19.6 Å². The van der Waals surface area contributed by atoms with Gasteiger partial charge in [0.15, 0.2) is 5.75 Å². The molecule has 80 valence electrons. The molecule has 0 saturated carbocycles. The van der Waals surface area contributed by atoms with Crippen molar-refractivity contribution in [3.63, 3.8) is 0 Å². The lowest BCUT2D eigenvalue weighted by molar-refractivity contribution is -0.386. The highest BCUT2D eigenvalue weighted by Gasteiger charge is 2.24. The van der Waals surface area contributed by atoms with Crippen molar-refractivity contribution in [2.45, 2.75) is 6.92 Å². The van der Waals surface area contributed by atoms with Crippen LogP contribution in [0.15, 0.2) is 18.2 Å². The molecule has 1 aromatic rings. The summed E-state index contributed by atoms with van der Waals surface area (Å²) in [5.41, 5.74) is -0.877. The van der Waals surface area contributed by atoms with E-state index in [9.17, 15) is 20.0 Å². The molecule has 0 radical (unpaired) electrons. The monoisotopic (exact) mass is 211 g/mol. The van der Waals surface area contributed by atoms with Crippen molar-refractivity contribution in [3.05, 3.63) is 33.9 Å². The van der Waals surface area contributed by atoms with E-state index in [-0.39, 0.29) is 12.2 Å². The van der Waals surface area contributed by atoms with E-state index in [1.807, 2.05) is 0 Å². The highest BCUT2D eigenvalue weighted by atomic mass is 16.6. The van der Waals surface area contributed by atoms with E-state index >= 15 is 0 Å². The van der Waals surface area contributed by atoms with Gasteiger partial charge in [-0.3, -0.25) is 10.1 Å². The van der Waals surface area contributed by atoms with E-state index in [1.54, 1.807) is 6.92 Å². The molecule has 0 aliphatic rings. The second-order valence-electron chi connectivity index (χ2n) is 2.65. The molecule has 0 spiro atoms. The van der Waals surface area contributed by atoms with Gasteiger partial charge in [0, 0.05) is 0 Å². The Hall–Kier alpha value is -2.11. The summed E-state index contributed by atoms with van der Waals surface area (Å²) in [6.45, 7) is 1.71. The predicted octanol–water partition coefficient (Wildman–Crippen LogP) is 1.48. The van der Waals surface area contributed by atoms with Crippen LogP contribution in [0.3, 0.4) is 0 Å². The lowest BCUT2D eigenvalue weighted by atomic mass is 10.1. The van der Waals surface area contributed by atoms with Crippen LogP contribution in [0.25, 0.3) is 0 Å². The maximum Gasteiger partial charge on any atom is 0.345 e. The van der Waals surface area contributed by atoms with Gasteiger partial charge in [-0.25, -0.2) is 4.79 Å². The number of carbonyl (C=O) groups is 1. The van der Waals surface area contributed by atoms with Crippen molar-refractivity contribution >= 4 is 11.7 Å². The fourth-order valence-corrected chi connectivity index (χ4v) is 1.10. The number of nitro benzene ring substituents is 1. The van der Waals surface area contributed by atoms with Gasteiger partial charge in [-0.15, -0.1) is 0 Å². The topological polar surface area (TPSA) is 89.7 Å². The summed E-state index contributed by atoms with van der Waals surface area (Å²) in [6, 6.07) is 3.71. The molecule has 1 N–H and O–H groups in total. The summed E-state index contributed by atoms with van der Waals surface area (Å²) in [5.74, 6) is -1.37. The fraction of sp³-hybridized carbons (Fsp3) is 0.222.